The highest BCUT2D eigenvalue weighted by molar-refractivity contribution is 7.90. The summed E-state index contributed by atoms with van der Waals surface area (Å²) in [7, 11) is -4.06. The summed E-state index contributed by atoms with van der Waals surface area (Å²) in [6.45, 7) is 1.49. The Hall–Kier alpha value is -1.66. The van der Waals surface area contributed by atoms with E-state index in [2.05, 4.69) is 0 Å². The molecule has 4 N–H and O–H groups in total. The minimum atomic E-state index is -4.06. The van der Waals surface area contributed by atoms with Crippen LogP contribution in [0.15, 0.2) is 0 Å². The number of sulfonamides is 1. The highest BCUT2D eigenvalue weighted by Gasteiger charge is 2.30. The van der Waals surface area contributed by atoms with Crippen LogP contribution in [0.3, 0.4) is 0 Å². The van der Waals surface area contributed by atoms with Crippen LogP contribution in [0.5, 0.6) is 0 Å². The number of carboxylic acids is 1. The Balaban J connectivity index is 4.84. The summed E-state index contributed by atoms with van der Waals surface area (Å²) >= 11 is 0. The molecule has 0 bridgehead atoms. The largest absolute Gasteiger partial charge is 0.480 e. The van der Waals surface area contributed by atoms with Crippen LogP contribution in [0.1, 0.15) is 26.2 Å². The van der Waals surface area contributed by atoms with Gasteiger partial charge in [-0.1, -0.05) is 6.92 Å². The van der Waals surface area contributed by atoms with Crippen LogP contribution in [0.25, 0.3) is 0 Å². The number of rotatable bonds is 8. The number of amides is 1. The molecule has 1 unspecified atom stereocenters. The van der Waals surface area contributed by atoms with E-state index in [4.69, 9.17) is 16.1 Å². The molecule has 102 valence electrons. The maximum atomic E-state index is 11.6. The van der Waals surface area contributed by atoms with Crippen molar-refractivity contribution in [2.45, 2.75) is 37.5 Å². The van der Waals surface area contributed by atoms with Crippen molar-refractivity contribution in [1.29, 1.82) is 5.26 Å². The number of carbonyl (C=O) groups is 2. The number of carboxylic acid groups (broad SMARTS) is 1. The molecule has 18 heavy (non-hydrogen) atoms. The van der Waals surface area contributed by atoms with Crippen LogP contribution in [0.4, 0.5) is 0 Å². The fourth-order valence-electron chi connectivity index (χ4n) is 1.18. The fraction of sp³-hybridized carbons (Fsp3) is 0.667. The Labute approximate surface area is 105 Å². The lowest BCUT2D eigenvalue weighted by Crippen LogP contribution is -2.45. The summed E-state index contributed by atoms with van der Waals surface area (Å²) < 4.78 is 25.2. The molecule has 0 aliphatic carbocycles. The van der Waals surface area contributed by atoms with E-state index in [9.17, 15) is 18.0 Å². The first-order valence-corrected chi connectivity index (χ1v) is 6.71. The second-order valence-corrected chi connectivity index (χ2v) is 5.48. The lowest BCUT2D eigenvalue weighted by molar-refractivity contribution is -0.139. The summed E-state index contributed by atoms with van der Waals surface area (Å²) in [5.74, 6) is -2.15. The van der Waals surface area contributed by atoms with Gasteiger partial charge in [-0.2, -0.15) is 9.98 Å². The molecule has 0 aliphatic heterocycles. The van der Waals surface area contributed by atoms with Crippen molar-refractivity contribution in [3.8, 4) is 6.07 Å². The molecule has 0 rings (SSSR count). The van der Waals surface area contributed by atoms with E-state index in [1.54, 1.807) is 6.07 Å². The molecule has 1 amide bonds. The van der Waals surface area contributed by atoms with E-state index in [0.29, 0.717) is 0 Å². The number of nitrogens with one attached hydrogen (secondary N) is 1. The molecular formula is C9H15N3O5S. The normalized spacial score (nSPS) is 14.4. The van der Waals surface area contributed by atoms with Crippen LogP contribution in [0.2, 0.25) is 0 Å². The lowest BCUT2D eigenvalue weighted by Gasteiger charge is -2.16. The zero-order valence-corrected chi connectivity index (χ0v) is 10.6. The van der Waals surface area contributed by atoms with Gasteiger partial charge in [0.15, 0.2) is 5.25 Å². The van der Waals surface area contributed by atoms with Crippen LogP contribution in [-0.4, -0.2) is 36.7 Å². The van der Waals surface area contributed by atoms with Gasteiger partial charge in [0.2, 0.25) is 15.9 Å². The van der Waals surface area contributed by atoms with Gasteiger partial charge < -0.3 is 10.8 Å². The summed E-state index contributed by atoms with van der Waals surface area (Å²) in [6, 6.07) is 0.0985. The van der Waals surface area contributed by atoms with Crippen molar-refractivity contribution in [3.05, 3.63) is 0 Å². The van der Waals surface area contributed by atoms with Crippen molar-refractivity contribution in [3.63, 3.8) is 0 Å². The van der Waals surface area contributed by atoms with E-state index in [1.807, 2.05) is 4.72 Å². The summed E-state index contributed by atoms with van der Waals surface area (Å²) in [5.41, 5.74) is 4.86. The maximum absolute atomic E-state index is 11.6. The Morgan fingerprint density at radius 1 is 1.50 bits per heavy atom. The number of nitriles is 1. The van der Waals surface area contributed by atoms with Gasteiger partial charge in [-0.15, -0.1) is 0 Å². The topological polar surface area (TPSA) is 150 Å². The maximum Gasteiger partial charge on any atom is 0.321 e. The number of hydrogen-bond donors (Lipinski definition) is 3. The predicted octanol–water partition coefficient (Wildman–Crippen LogP) is -1.07. The van der Waals surface area contributed by atoms with Gasteiger partial charge in [0.05, 0.1) is 6.07 Å². The third-order valence-electron chi connectivity index (χ3n) is 2.17. The van der Waals surface area contributed by atoms with E-state index >= 15 is 0 Å². The van der Waals surface area contributed by atoms with E-state index in [1.165, 1.54) is 6.92 Å². The molecule has 0 spiro atoms. The Bertz CT molecular complexity index is 453. The summed E-state index contributed by atoms with van der Waals surface area (Å²) in [5, 5.41) is 16.1. The smallest absolute Gasteiger partial charge is 0.321 e. The van der Waals surface area contributed by atoms with Crippen molar-refractivity contribution in [2.75, 3.05) is 0 Å². The minimum absolute atomic E-state index is 0.0357. The van der Waals surface area contributed by atoms with Gasteiger partial charge in [-0.3, -0.25) is 9.59 Å². The standard InChI is InChI=1S/C9H15N3O5S/c1-2-6(5-10)18(16,17)12-7(9(14)15)3-4-8(11)13/h6-7,12H,2-4H2,1H3,(H2,11,13)(H,14,15)/t6?,7-/m0/s1. The molecule has 0 aliphatic rings. The molecule has 2 atom stereocenters. The van der Waals surface area contributed by atoms with Gasteiger partial charge in [0.1, 0.15) is 6.04 Å². The van der Waals surface area contributed by atoms with Gasteiger partial charge in [-0.25, -0.2) is 8.42 Å². The number of carbonyl (C=O) groups excluding carboxylic acids is 1. The van der Waals surface area contributed by atoms with Crippen LogP contribution >= 0.6 is 0 Å². The van der Waals surface area contributed by atoms with E-state index in [0.717, 1.165) is 0 Å². The van der Waals surface area contributed by atoms with E-state index < -0.39 is 33.2 Å². The first-order valence-electron chi connectivity index (χ1n) is 5.16. The predicted molar refractivity (Wildman–Crippen MR) is 61.6 cm³/mol. The number of aliphatic carboxylic acids is 1. The summed E-state index contributed by atoms with van der Waals surface area (Å²) in [4.78, 5) is 21.4. The van der Waals surface area contributed by atoms with Crippen LogP contribution in [0, 0.1) is 11.3 Å². The molecule has 0 aromatic rings. The third-order valence-corrected chi connectivity index (χ3v) is 3.97. The molecule has 0 saturated carbocycles. The third kappa shape index (κ3) is 5.11. The van der Waals surface area contributed by atoms with Gasteiger partial charge in [0, 0.05) is 6.42 Å². The number of nitrogens with zero attached hydrogens (tertiary/aromatic N) is 1. The lowest BCUT2D eigenvalue weighted by atomic mass is 10.2. The minimum Gasteiger partial charge on any atom is -0.480 e. The number of hydrogen-bond acceptors (Lipinski definition) is 5. The monoisotopic (exact) mass is 277 g/mol. The first-order chi connectivity index (χ1) is 8.24. The molecule has 8 nitrogen and oxygen atoms in total. The van der Waals surface area contributed by atoms with Gasteiger partial charge >= 0.3 is 5.97 Å². The van der Waals surface area contributed by atoms with E-state index in [-0.39, 0.29) is 19.3 Å². The molecule has 0 aromatic carbocycles. The van der Waals surface area contributed by atoms with Crippen molar-refractivity contribution >= 4 is 21.9 Å². The van der Waals surface area contributed by atoms with Crippen molar-refractivity contribution < 1.29 is 23.1 Å². The SMILES string of the molecule is CCC(C#N)S(=O)(=O)N[C@@H](CCC(N)=O)C(=O)O. The van der Waals surface area contributed by atoms with Crippen molar-refractivity contribution in [1.82, 2.24) is 4.72 Å². The molecule has 0 aromatic heterocycles. The highest BCUT2D eigenvalue weighted by atomic mass is 32.2. The number of nitrogens with two attached hydrogens (primary N) is 1. The van der Waals surface area contributed by atoms with Gasteiger partial charge in [0.25, 0.3) is 0 Å². The Kier molecular flexibility index (Phi) is 6.29. The second-order valence-electron chi connectivity index (χ2n) is 3.58. The molecule has 0 saturated heterocycles. The van der Waals surface area contributed by atoms with Gasteiger partial charge in [-0.05, 0) is 12.8 Å². The molecule has 0 radical (unpaired) electrons. The summed E-state index contributed by atoms with van der Waals surface area (Å²) in [6.07, 6.45) is -0.484. The fourth-order valence-corrected chi connectivity index (χ4v) is 2.54. The molecular weight excluding hydrogens is 262 g/mol. The first kappa shape index (κ1) is 16.3. The zero-order chi connectivity index (χ0) is 14.3. The molecule has 9 heteroatoms. The Morgan fingerprint density at radius 3 is 2.39 bits per heavy atom. The number of primary amides is 1. The average Bonchev–Trinajstić information content (AvgIpc) is 2.24. The van der Waals surface area contributed by atoms with Crippen LogP contribution in [-0.2, 0) is 19.6 Å². The van der Waals surface area contributed by atoms with Crippen molar-refractivity contribution in [2.24, 2.45) is 5.73 Å². The zero-order valence-electron chi connectivity index (χ0n) is 9.79. The van der Waals surface area contributed by atoms with Crippen LogP contribution < -0.4 is 10.5 Å². The Morgan fingerprint density at radius 2 is 2.06 bits per heavy atom. The molecule has 0 fully saturated rings. The molecule has 0 heterocycles. The second kappa shape index (κ2) is 6.93. The highest BCUT2D eigenvalue weighted by Crippen LogP contribution is 2.07. The quantitative estimate of drug-likeness (QED) is 0.513. The average molecular weight is 277 g/mol.